The third-order valence-electron chi connectivity index (χ3n) is 2.47. The van der Waals surface area contributed by atoms with Gasteiger partial charge in [-0.15, -0.1) is 11.8 Å². The Balaban J connectivity index is 2.07. The van der Waals surface area contributed by atoms with Crippen molar-refractivity contribution in [3.8, 4) is 0 Å². The van der Waals surface area contributed by atoms with Gasteiger partial charge in [0.15, 0.2) is 0 Å². The van der Waals surface area contributed by atoms with Gasteiger partial charge in [-0.3, -0.25) is 0 Å². The maximum Gasteiger partial charge on any atom is 0.373 e. The zero-order chi connectivity index (χ0) is 13.0. The van der Waals surface area contributed by atoms with Crippen molar-refractivity contribution < 1.29 is 13.9 Å². The Hall–Kier alpha value is -1.68. The number of esters is 1. The zero-order valence-corrected chi connectivity index (χ0v) is 11.1. The fourth-order valence-corrected chi connectivity index (χ4v) is 2.51. The summed E-state index contributed by atoms with van der Waals surface area (Å²) in [6.07, 6.45) is 0. The number of benzene rings is 1. The lowest BCUT2D eigenvalue weighted by Gasteiger charge is -2.07. The molecule has 0 fully saturated rings. The number of rotatable bonds is 4. The Morgan fingerprint density at radius 2 is 1.94 bits per heavy atom. The lowest BCUT2D eigenvalue weighted by atomic mass is 10.3. The first-order chi connectivity index (χ1) is 8.70. The topological polar surface area (TPSA) is 39.4 Å². The van der Waals surface area contributed by atoms with E-state index in [1.54, 1.807) is 17.8 Å². The molecule has 4 heteroatoms. The van der Waals surface area contributed by atoms with Crippen molar-refractivity contribution in [2.45, 2.75) is 17.1 Å². The zero-order valence-electron chi connectivity index (χ0n) is 10.3. The molecule has 1 atom stereocenters. The molecule has 2 aromatic rings. The number of methoxy groups -OCH3 is 1. The molecule has 0 bridgehead atoms. The van der Waals surface area contributed by atoms with Gasteiger partial charge in [-0.1, -0.05) is 18.2 Å². The minimum atomic E-state index is -0.446. The summed E-state index contributed by atoms with van der Waals surface area (Å²) in [4.78, 5) is 12.5. The van der Waals surface area contributed by atoms with Crippen LogP contribution in [-0.4, -0.2) is 13.1 Å². The smallest absolute Gasteiger partial charge is 0.373 e. The van der Waals surface area contributed by atoms with E-state index in [9.17, 15) is 4.79 Å². The second-order valence-corrected chi connectivity index (χ2v) is 5.18. The van der Waals surface area contributed by atoms with E-state index in [1.165, 1.54) is 12.0 Å². The Labute approximate surface area is 110 Å². The first-order valence-electron chi connectivity index (χ1n) is 5.60. The maximum absolute atomic E-state index is 11.3. The van der Waals surface area contributed by atoms with Crippen LogP contribution in [0.5, 0.6) is 0 Å². The Morgan fingerprint density at radius 1 is 1.22 bits per heavy atom. The highest BCUT2D eigenvalue weighted by Crippen LogP contribution is 2.35. The van der Waals surface area contributed by atoms with Crippen LogP contribution >= 0.6 is 11.8 Å². The third-order valence-corrected chi connectivity index (χ3v) is 3.60. The third kappa shape index (κ3) is 2.96. The molecule has 94 valence electrons. The number of ether oxygens (including phenoxy) is 1. The van der Waals surface area contributed by atoms with E-state index in [4.69, 9.17) is 4.42 Å². The van der Waals surface area contributed by atoms with Gasteiger partial charge in [0.2, 0.25) is 5.76 Å². The van der Waals surface area contributed by atoms with Crippen LogP contribution in [0, 0.1) is 0 Å². The minimum Gasteiger partial charge on any atom is -0.463 e. The number of hydrogen-bond acceptors (Lipinski definition) is 4. The van der Waals surface area contributed by atoms with E-state index in [-0.39, 0.29) is 11.0 Å². The molecule has 2 rings (SSSR count). The van der Waals surface area contributed by atoms with Crippen molar-refractivity contribution in [2.75, 3.05) is 7.11 Å². The molecule has 1 unspecified atom stereocenters. The van der Waals surface area contributed by atoms with Gasteiger partial charge < -0.3 is 9.15 Å². The van der Waals surface area contributed by atoms with E-state index < -0.39 is 5.97 Å². The highest BCUT2D eigenvalue weighted by molar-refractivity contribution is 7.99. The normalized spacial score (nSPS) is 12.1. The van der Waals surface area contributed by atoms with Crippen LogP contribution in [0.1, 0.15) is 28.5 Å². The average molecular weight is 262 g/mol. The summed E-state index contributed by atoms with van der Waals surface area (Å²) in [5, 5.41) is 0.144. The van der Waals surface area contributed by atoms with Crippen LogP contribution in [0.4, 0.5) is 0 Å². The summed E-state index contributed by atoms with van der Waals surface area (Å²) < 4.78 is 10.1. The summed E-state index contributed by atoms with van der Waals surface area (Å²) in [7, 11) is 1.34. The minimum absolute atomic E-state index is 0.144. The van der Waals surface area contributed by atoms with E-state index in [0.717, 1.165) is 5.76 Å². The highest BCUT2D eigenvalue weighted by Gasteiger charge is 2.16. The fourth-order valence-electron chi connectivity index (χ4n) is 1.54. The van der Waals surface area contributed by atoms with Crippen LogP contribution in [0.25, 0.3) is 0 Å². The van der Waals surface area contributed by atoms with Crippen LogP contribution in [-0.2, 0) is 4.74 Å². The second kappa shape index (κ2) is 5.78. The van der Waals surface area contributed by atoms with Crippen molar-refractivity contribution in [1.82, 2.24) is 0 Å². The van der Waals surface area contributed by atoms with Gasteiger partial charge in [-0.25, -0.2) is 4.79 Å². The number of hydrogen-bond donors (Lipinski definition) is 0. The van der Waals surface area contributed by atoms with Gasteiger partial charge in [0, 0.05) is 4.90 Å². The summed E-state index contributed by atoms with van der Waals surface area (Å²) in [5.74, 6) is 0.565. The lowest BCUT2D eigenvalue weighted by molar-refractivity contribution is 0.0563. The molecule has 0 aliphatic carbocycles. The first kappa shape index (κ1) is 12.8. The van der Waals surface area contributed by atoms with Crippen molar-refractivity contribution in [2.24, 2.45) is 0 Å². The molecule has 0 saturated heterocycles. The summed E-state index contributed by atoms with van der Waals surface area (Å²) in [6.45, 7) is 2.04. The highest BCUT2D eigenvalue weighted by atomic mass is 32.2. The summed E-state index contributed by atoms with van der Waals surface area (Å²) in [5.41, 5.74) is 0. The molecular weight excluding hydrogens is 248 g/mol. The standard InChI is InChI=1S/C14H14O3S/c1-10(18-11-6-4-3-5-7-11)12-8-9-13(17-12)14(15)16-2/h3-10H,1-2H3. The predicted octanol–water partition coefficient (Wildman–Crippen LogP) is 3.92. The molecule has 0 radical (unpaired) electrons. The molecule has 0 N–H and O–H groups in total. The first-order valence-corrected chi connectivity index (χ1v) is 6.48. The van der Waals surface area contributed by atoms with Gasteiger partial charge in [-0.2, -0.15) is 0 Å². The molecule has 0 saturated carbocycles. The van der Waals surface area contributed by atoms with Crippen LogP contribution in [0.2, 0.25) is 0 Å². The number of furan rings is 1. The van der Waals surface area contributed by atoms with Gasteiger partial charge >= 0.3 is 5.97 Å². The Morgan fingerprint density at radius 3 is 2.61 bits per heavy atom. The van der Waals surface area contributed by atoms with Gasteiger partial charge in [0.05, 0.1) is 12.4 Å². The largest absolute Gasteiger partial charge is 0.463 e. The molecule has 1 heterocycles. The number of carbonyl (C=O) groups is 1. The maximum atomic E-state index is 11.3. The molecule has 0 aliphatic rings. The molecule has 0 amide bonds. The van der Waals surface area contributed by atoms with Crippen molar-refractivity contribution in [3.63, 3.8) is 0 Å². The fraction of sp³-hybridized carbons (Fsp3) is 0.214. The van der Waals surface area contributed by atoms with Crippen molar-refractivity contribution in [1.29, 1.82) is 0 Å². The number of carbonyl (C=O) groups excluding carboxylic acids is 1. The summed E-state index contributed by atoms with van der Waals surface area (Å²) >= 11 is 1.68. The quantitative estimate of drug-likeness (QED) is 0.618. The van der Waals surface area contributed by atoms with Crippen LogP contribution < -0.4 is 0 Å². The van der Waals surface area contributed by atoms with E-state index in [1.807, 2.05) is 43.3 Å². The summed E-state index contributed by atoms with van der Waals surface area (Å²) in [6, 6.07) is 13.5. The molecule has 0 spiro atoms. The monoisotopic (exact) mass is 262 g/mol. The van der Waals surface area contributed by atoms with Crippen molar-refractivity contribution in [3.05, 3.63) is 54.0 Å². The molecule has 18 heavy (non-hydrogen) atoms. The van der Waals surface area contributed by atoms with Crippen molar-refractivity contribution >= 4 is 17.7 Å². The lowest BCUT2D eigenvalue weighted by Crippen LogP contribution is -1.98. The number of thioether (sulfide) groups is 1. The molecule has 1 aromatic carbocycles. The Kier molecular flexibility index (Phi) is 4.10. The van der Waals surface area contributed by atoms with Gasteiger partial charge in [-0.05, 0) is 31.2 Å². The predicted molar refractivity (Wildman–Crippen MR) is 70.8 cm³/mol. The molecule has 0 aliphatic heterocycles. The molecule has 3 nitrogen and oxygen atoms in total. The van der Waals surface area contributed by atoms with Gasteiger partial charge in [0.25, 0.3) is 0 Å². The van der Waals surface area contributed by atoms with E-state index in [0.29, 0.717) is 0 Å². The van der Waals surface area contributed by atoms with Crippen LogP contribution in [0.3, 0.4) is 0 Å². The second-order valence-electron chi connectivity index (χ2n) is 3.77. The Bertz CT molecular complexity index is 519. The molecular formula is C14H14O3S. The van der Waals surface area contributed by atoms with E-state index in [2.05, 4.69) is 4.74 Å². The average Bonchev–Trinajstić information content (AvgIpc) is 2.88. The molecule has 1 aromatic heterocycles. The SMILES string of the molecule is COC(=O)c1ccc(C(C)Sc2ccccc2)o1. The van der Waals surface area contributed by atoms with Crippen LogP contribution in [0.15, 0.2) is 51.8 Å². The van der Waals surface area contributed by atoms with Gasteiger partial charge in [0.1, 0.15) is 5.76 Å². The van der Waals surface area contributed by atoms with E-state index >= 15 is 0 Å².